The number of esters is 1. The number of carbonyl (C=O) groups excluding carboxylic acids is 2. The van der Waals surface area contributed by atoms with Crippen LogP contribution in [0.3, 0.4) is 0 Å². The fourth-order valence-electron chi connectivity index (χ4n) is 4.83. The van der Waals surface area contributed by atoms with Crippen LogP contribution in [-0.4, -0.2) is 40.0 Å². The van der Waals surface area contributed by atoms with Crippen molar-refractivity contribution in [3.63, 3.8) is 0 Å². The Morgan fingerprint density at radius 1 is 1.06 bits per heavy atom. The second kappa shape index (κ2) is 11.2. The van der Waals surface area contributed by atoms with Crippen LogP contribution in [0.2, 0.25) is 0 Å². The van der Waals surface area contributed by atoms with Gasteiger partial charge in [-0.15, -0.1) is 0 Å². The number of sulfonamides is 1. The van der Waals surface area contributed by atoms with E-state index in [1.165, 1.54) is 11.6 Å². The van der Waals surface area contributed by atoms with E-state index in [1.807, 2.05) is 18.2 Å². The van der Waals surface area contributed by atoms with Crippen LogP contribution in [0.25, 0.3) is 0 Å². The van der Waals surface area contributed by atoms with Gasteiger partial charge in [0, 0.05) is 31.2 Å². The lowest BCUT2D eigenvalue weighted by atomic mass is 9.88. The van der Waals surface area contributed by atoms with Crippen molar-refractivity contribution in [2.75, 3.05) is 29.9 Å². The highest BCUT2D eigenvalue weighted by Gasteiger charge is 2.29. The SMILES string of the molecule is CCOC(=O)CCC(=O)Nc1ccc(N2CCCC2)c(S(=O)(=O)NC2CCCc3ccccc32)c1. The lowest BCUT2D eigenvalue weighted by molar-refractivity contribution is -0.144. The van der Waals surface area contributed by atoms with E-state index in [4.69, 9.17) is 4.74 Å². The van der Waals surface area contributed by atoms with Gasteiger partial charge >= 0.3 is 5.97 Å². The monoisotopic (exact) mass is 499 g/mol. The summed E-state index contributed by atoms with van der Waals surface area (Å²) in [6.07, 6.45) is 4.55. The molecular formula is C26H33N3O5S. The van der Waals surface area contributed by atoms with Gasteiger partial charge in [0.25, 0.3) is 0 Å². The summed E-state index contributed by atoms with van der Waals surface area (Å²) in [5, 5.41) is 2.73. The van der Waals surface area contributed by atoms with Gasteiger partial charge in [-0.25, -0.2) is 13.1 Å². The zero-order valence-corrected chi connectivity index (χ0v) is 20.9. The molecular weight excluding hydrogens is 466 g/mol. The van der Waals surface area contributed by atoms with Crippen molar-refractivity contribution in [2.45, 2.75) is 62.8 Å². The third-order valence-electron chi connectivity index (χ3n) is 6.51. The van der Waals surface area contributed by atoms with E-state index in [1.54, 1.807) is 19.1 Å². The molecule has 188 valence electrons. The molecule has 2 aliphatic rings. The van der Waals surface area contributed by atoms with Crippen LogP contribution >= 0.6 is 0 Å². The van der Waals surface area contributed by atoms with Crippen LogP contribution in [-0.2, 0) is 30.8 Å². The number of hydrogen-bond acceptors (Lipinski definition) is 6. The highest BCUT2D eigenvalue weighted by atomic mass is 32.2. The number of benzene rings is 2. The van der Waals surface area contributed by atoms with E-state index in [9.17, 15) is 18.0 Å². The first kappa shape index (κ1) is 25.2. The van der Waals surface area contributed by atoms with E-state index >= 15 is 0 Å². The molecule has 2 aromatic rings. The van der Waals surface area contributed by atoms with E-state index in [-0.39, 0.29) is 36.3 Å². The van der Waals surface area contributed by atoms with E-state index in [2.05, 4.69) is 21.0 Å². The fourth-order valence-corrected chi connectivity index (χ4v) is 6.33. The van der Waals surface area contributed by atoms with Gasteiger partial charge in [-0.1, -0.05) is 24.3 Å². The normalized spacial score (nSPS) is 17.6. The third-order valence-corrected chi connectivity index (χ3v) is 8.01. The molecule has 2 aromatic carbocycles. The summed E-state index contributed by atoms with van der Waals surface area (Å²) in [7, 11) is -3.88. The molecule has 1 aliphatic heterocycles. The molecule has 0 aromatic heterocycles. The molecule has 0 spiro atoms. The van der Waals surface area contributed by atoms with Crippen molar-refractivity contribution in [1.82, 2.24) is 4.72 Å². The van der Waals surface area contributed by atoms with Crippen molar-refractivity contribution >= 4 is 33.3 Å². The molecule has 1 atom stereocenters. The van der Waals surface area contributed by atoms with Gasteiger partial charge in [-0.05, 0) is 68.4 Å². The van der Waals surface area contributed by atoms with Gasteiger partial charge < -0.3 is 15.0 Å². The molecule has 1 fully saturated rings. The summed E-state index contributed by atoms with van der Waals surface area (Å²) in [4.78, 5) is 26.2. The Morgan fingerprint density at radius 2 is 1.83 bits per heavy atom. The number of nitrogens with one attached hydrogen (secondary N) is 2. The number of fused-ring (bicyclic) bond motifs is 1. The van der Waals surface area contributed by atoms with Crippen LogP contribution in [0, 0.1) is 0 Å². The molecule has 1 unspecified atom stereocenters. The maximum atomic E-state index is 13.7. The van der Waals surface area contributed by atoms with Crippen molar-refractivity contribution < 1.29 is 22.7 Å². The molecule has 2 N–H and O–H groups in total. The Kier molecular flexibility index (Phi) is 8.07. The minimum Gasteiger partial charge on any atom is -0.466 e. The lowest BCUT2D eigenvalue weighted by Gasteiger charge is -2.28. The maximum Gasteiger partial charge on any atom is 0.306 e. The topological polar surface area (TPSA) is 105 Å². The molecule has 1 amide bonds. The number of ether oxygens (including phenoxy) is 1. The second-order valence-corrected chi connectivity index (χ2v) is 10.7. The first-order valence-electron chi connectivity index (χ1n) is 12.3. The maximum absolute atomic E-state index is 13.7. The number of amides is 1. The Morgan fingerprint density at radius 3 is 2.60 bits per heavy atom. The van der Waals surface area contributed by atoms with Gasteiger partial charge in [0.2, 0.25) is 15.9 Å². The van der Waals surface area contributed by atoms with Crippen molar-refractivity contribution in [2.24, 2.45) is 0 Å². The van der Waals surface area contributed by atoms with E-state index < -0.39 is 16.0 Å². The van der Waals surface area contributed by atoms with Gasteiger partial charge in [0.05, 0.1) is 18.7 Å². The number of rotatable bonds is 9. The zero-order valence-electron chi connectivity index (χ0n) is 20.1. The zero-order chi connectivity index (χ0) is 24.8. The summed E-state index contributed by atoms with van der Waals surface area (Å²) >= 11 is 0. The quantitative estimate of drug-likeness (QED) is 0.507. The minimum absolute atomic E-state index is 0.0284. The predicted octanol–water partition coefficient (Wildman–Crippen LogP) is 3.92. The lowest BCUT2D eigenvalue weighted by Crippen LogP contribution is -2.32. The van der Waals surface area contributed by atoms with Gasteiger partial charge in [-0.3, -0.25) is 9.59 Å². The van der Waals surface area contributed by atoms with E-state index in [0.29, 0.717) is 11.4 Å². The number of aryl methyl sites for hydroxylation is 1. The average molecular weight is 500 g/mol. The van der Waals surface area contributed by atoms with Crippen LogP contribution in [0.4, 0.5) is 11.4 Å². The smallest absolute Gasteiger partial charge is 0.306 e. The molecule has 1 aliphatic carbocycles. The number of carbonyl (C=O) groups is 2. The van der Waals surface area contributed by atoms with Gasteiger partial charge in [-0.2, -0.15) is 0 Å². The van der Waals surface area contributed by atoms with Crippen molar-refractivity contribution in [3.8, 4) is 0 Å². The Hall–Kier alpha value is -2.91. The van der Waals surface area contributed by atoms with Crippen LogP contribution in [0.1, 0.15) is 62.6 Å². The van der Waals surface area contributed by atoms with Crippen molar-refractivity contribution in [3.05, 3.63) is 53.6 Å². The molecule has 1 saturated heterocycles. The summed E-state index contributed by atoms with van der Waals surface area (Å²) < 4.78 is 35.2. The first-order chi connectivity index (χ1) is 16.9. The van der Waals surface area contributed by atoms with E-state index in [0.717, 1.165) is 50.8 Å². The molecule has 1 heterocycles. The summed E-state index contributed by atoms with van der Waals surface area (Å²) in [6.45, 7) is 3.56. The highest BCUT2D eigenvalue weighted by molar-refractivity contribution is 7.89. The number of anilines is 2. The minimum atomic E-state index is -3.88. The standard InChI is InChI=1S/C26H33N3O5S/c1-2-34-26(31)15-14-25(30)27-20-12-13-23(29-16-5-6-17-29)24(18-20)35(32,33)28-22-11-7-9-19-8-3-4-10-21(19)22/h3-4,8,10,12-13,18,22,28H,2,5-7,9,11,14-17H2,1H3,(H,27,30). The molecule has 35 heavy (non-hydrogen) atoms. The van der Waals surface area contributed by atoms with Crippen LogP contribution < -0.4 is 14.9 Å². The fraction of sp³-hybridized carbons (Fsp3) is 0.462. The summed E-state index contributed by atoms with van der Waals surface area (Å²) in [5.41, 5.74) is 3.22. The average Bonchev–Trinajstić information content (AvgIpc) is 3.38. The first-order valence-corrected chi connectivity index (χ1v) is 13.8. The Labute approximate surface area is 207 Å². The summed E-state index contributed by atoms with van der Waals surface area (Å²) in [6, 6.07) is 12.7. The molecule has 8 nitrogen and oxygen atoms in total. The van der Waals surface area contributed by atoms with Crippen LogP contribution in [0.15, 0.2) is 47.4 Å². The largest absolute Gasteiger partial charge is 0.466 e. The molecule has 0 radical (unpaired) electrons. The molecule has 0 bridgehead atoms. The molecule has 9 heteroatoms. The van der Waals surface area contributed by atoms with Crippen LogP contribution in [0.5, 0.6) is 0 Å². The number of nitrogens with zero attached hydrogens (tertiary/aromatic N) is 1. The van der Waals surface area contributed by atoms with Crippen molar-refractivity contribution in [1.29, 1.82) is 0 Å². The molecule has 4 rings (SSSR count). The molecule has 0 saturated carbocycles. The third kappa shape index (κ3) is 6.21. The highest BCUT2D eigenvalue weighted by Crippen LogP contribution is 2.35. The Balaban J connectivity index is 1.58. The number of hydrogen-bond donors (Lipinski definition) is 2. The second-order valence-electron chi connectivity index (χ2n) is 8.99. The Bertz CT molecular complexity index is 1180. The predicted molar refractivity (Wildman–Crippen MR) is 135 cm³/mol. The van der Waals surface area contributed by atoms with Gasteiger partial charge in [0.1, 0.15) is 4.90 Å². The van der Waals surface area contributed by atoms with Gasteiger partial charge in [0.15, 0.2) is 0 Å². The summed E-state index contributed by atoms with van der Waals surface area (Å²) in [5.74, 6) is -0.809.